The lowest BCUT2D eigenvalue weighted by Gasteiger charge is -2.20. The number of fused-ring (bicyclic) bond motifs is 2. The van der Waals surface area contributed by atoms with Gasteiger partial charge in [-0.25, -0.2) is 13.2 Å². The highest BCUT2D eigenvalue weighted by molar-refractivity contribution is 5.94. The Kier molecular flexibility index (Phi) is 2.79. The second kappa shape index (κ2) is 4.36. The number of rotatable bonds is 1. The molecule has 1 aromatic heterocycles. The van der Waals surface area contributed by atoms with E-state index in [-0.39, 0.29) is 23.2 Å². The van der Waals surface area contributed by atoms with E-state index in [0.717, 1.165) is 6.07 Å². The molecule has 0 spiro atoms. The molecule has 0 aliphatic carbocycles. The van der Waals surface area contributed by atoms with Gasteiger partial charge in [0.2, 0.25) is 0 Å². The Bertz CT molecular complexity index is 675. The van der Waals surface area contributed by atoms with Gasteiger partial charge in [-0.05, 0) is 0 Å². The molecular weight excluding hydrogens is 259 g/mol. The molecule has 0 fully saturated rings. The number of aromatic nitrogens is 1. The molecule has 0 saturated heterocycles. The van der Waals surface area contributed by atoms with Crippen molar-refractivity contribution in [3.63, 3.8) is 0 Å². The van der Waals surface area contributed by atoms with Gasteiger partial charge in [0.15, 0.2) is 17.5 Å². The van der Waals surface area contributed by atoms with E-state index in [4.69, 9.17) is 10.6 Å². The Labute approximate surface area is 106 Å². The van der Waals surface area contributed by atoms with Gasteiger partial charge in [-0.15, -0.1) is 0 Å². The molecule has 3 N–H and O–H groups in total. The van der Waals surface area contributed by atoms with Crippen LogP contribution in [-0.4, -0.2) is 11.6 Å². The van der Waals surface area contributed by atoms with Crippen molar-refractivity contribution < 1.29 is 17.9 Å². The number of nitrogens with two attached hydrogens (primary N) is 1. The number of hydrazine groups is 1. The third kappa shape index (κ3) is 1.73. The summed E-state index contributed by atoms with van der Waals surface area (Å²) < 4.78 is 45.7. The van der Waals surface area contributed by atoms with Crippen LogP contribution in [0.2, 0.25) is 0 Å². The topological polar surface area (TPSA) is 60.2 Å². The Morgan fingerprint density at radius 1 is 1.26 bits per heavy atom. The zero-order chi connectivity index (χ0) is 13.6. The maximum atomic E-state index is 13.9. The summed E-state index contributed by atoms with van der Waals surface area (Å²) in [6.07, 6.45) is 0.514. The molecule has 2 aromatic rings. The van der Waals surface area contributed by atoms with Crippen molar-refractivity contribution in [2.45, 2.75) is 13.0 Å². The van der Waals surface area contributed by atoms with Crippen molar-refractivity contribution in [1.82, 2.24) is 4.98 Å². The number of ether oxygens (including phenoxy) is 1. The van der Waals surface area contributed by atoms with Crippen molar-refractivity contribution in [2.24, 2.45) is 5.84 Å². The molecule has 0 amide bonds. The van der Waals surface area contributed by atoms with E-state index >= 15 is 0 Å². The van der Waals surface area contributed by atoms with Gasteiger partial charge in [-0.2, -0.15) is 0 Å². The maximum Gasteiger partial charge on any atom is 0.195 e. The van der Waals surface area contributed by atoms with Gasteiger partial charge < -0.3 is 10.2 Å². The summed E-state index contributed by atoms with van der Waals surface area (Å²) in [5, 5.41) is -0.161. The highest BCUT2D eigenvalue weighted by atomic mass is 19.2. The Hall–Kier alpha value is -1.86. The fourth-order valence-corrected chi connectivity index (χ4v) is 2.28. The van der Waals surface area contributed by atoms with Crippen molar-refractivity contribution >= 4 is 16.6 Å². The lowest BCUT2D eigenvalue weighted by Crippen LogP contribution is -2.18. The van der Waals surface area contributed by atoms with Crippen LogP contribution in [0.1, 0.15) is 11.3 Å². The van der Waals surface area contributed by atoms with Crippen LogP contribution in [-0.2, 0) is 17.8 Å². The summed E-state index contributed by atoms with van der Waals surface area (Å²) in [6, 6.07) is 0.865. The third-order valence-corrected chi connectivity index (χ3v) is 3.17. The maximum absolute atomic E-state index is 13.9. The second-order valence-corrected chi connectivity index (χ2v) is 4.24. The minimum Gasteiger partial charge on any atom is -0.376 e. The van der Waals surface area contributed by atoms with Crippen molar-refractivity contribution in [2.75, 3.05) is 12.0 Å². The lowest BCUT2D eigenvalue weighted by atomic mass is 10.0. The van der Waals surface area contributed by atoms with E-state index in [1.807, 2.05) is 0 Å². The van der Waals surface area contributed by atoms with E-state index < -0.39 is 17.5 Å². The quantitative estimate of drug-likeness (QED) is 0.472. The van der Waals surface area contributed by atoms with E-state index in [1.54, 1.807) is 0 Å². The third-order valence-electron chi connectivity index (χ3n) is 3.17. The molecule has 0 unspecified atom stereocenters. The number of nitrogens with one attached hydrogen (secondary N) is 1. The molecule has 19 heavy (non-hydrogen) atoms. The van der Waals surface area contributed by atoms with Gasteiger partial charge in [0.05, 0.1) is 35.5 Å². The first-order chi connectivity index (χ1) is 9.13. The number of pyridine rings is 1. The predicted octanol–water partition coefficient (Wildman–Crippen LogP) is 2.01. The zero-order valence-electron chi connectivity index (χ0n) is 9.77. The van der Waals surface area contributed by atoms with Crippen LogP contribution in [0.4, 0.5) is 18.9 Å². The molecule has 1 aliphatic heterocycles. The number of benzene rings is 1. The van der Waals surface area contributed by atoms with Gasteiger partial charge in [0.25, 0.3) is 0 Å². The predicted molar refractivity (Wildman–Crippen MR) is 62.8 cm³/mol. The fourth-order valence-electron chi connectivity index (χ4n) is 2.28. The standard InChI is InChI=1S/C12H10F3N3O/c13-6-3-8-9(11(15)10(6)14)12(18-16)5-4-19-2-1-7(5)17-8/h3H,1-2,4,16H2,(H,17,18). The molecule has 7 heteroatoms. The number of halogens is 3. The summed E-state index contributed by atoms with van der Waals surface area (Å²) in [5.74, 6) is 1.27. The molecule has 0 bridgehead atoms. The van der Waals surface area contributed by atoms with Crippen LogP contribution in [0.5, 0.6) is 0 Å². The first-order valence-corrected chi connectivity index (χ1v) is 5.66. The minimum absolute atomic E-state index is 0.0324. The molecule has 100 valence electrons. The van der Waals surface area contributed by atoms with Crippen LogP contribution >= 0.6 is 0 Å². The van der Waals surface area contributed by atoms with Gasteiger partial charge in [0.1, 0.15) is 0 Å². The fraction of sp³-hybridized carbons (Fsp3) is 0.250. The summed E-state index contributed by atoms with van der Waals surface area (Å²) in [6.45, 7) is 0.678. The summed E-state index contributed by atoms with van der Waals surface area (Å²) in [7, 11) is 0. The first kappa shape index (κ1) is 12.2. The van der Waals surface area contributed by atoms with Gasteiger partial charge >= 0.3 is 0 Å². The van der Waals surface area contributed by atoms with E-state index in [0.29, 0.717) is 24.3 Å². The zero-order valence-corrected chi connectivity index (χ0v) is 9.77. The first-order valence-electron chi connectivity index (χ1n) is 5.66. The Balaban J connectivity index is 2.44. The van der Waals surface area contributed by atoms with Crippen molar-refractivity contribution in [3.8, 4) is 0 Å². The molecular formula is C12H10F3N3O. The van der Waals surface area contributed by atoms with Crippen LogP contribution in [0.3, 0.4) is 0 Å². The van der Waals surface area contributed by atoms with E-state index in [2.05, 4.69) is 10.4 Å². The van der Waals surface area contributed by atoms with Gasteiger partial charge in [-0.1, -0.05) is 0 Å². The largest absolute Gasteiger partial charge is 0.376 e. The van der Waals surface area contributed by atoms with Crippen LogP contribution in [0, 0.1) is 17.5 Å². The smallest absolute Gasteiger partial charge is 0.195 e. The average molecular weight is 269 g/mol. The van der Waals surface area contributed by atoms with Crippen LogP contribution < -0.4 is 11.3 Å². The number of hydrogen-bond donors (Lipinski definition) is 2. The van der Waals surface area contributed by atoms with Crippen LogP contribution in [0.15, 0.2) is 6.07 Å². The number of anilines is 1. The molecule has 0 radical (unpaired) electrons. The summed E-state index contributed by atoms with van der Waals surface area (Å²) >= 11 is 0. The molecule has 1 aromatic carbocycles. The number of nitrogen functional groups attached to an aromatic ring is 1. The van der Waals surface area contributed by atoms with Crippen molar-refractivity contribution in [3.05, 3.63) is 34.8 Å². The van der Waals surface area contributed by atoms with Crippen molar-refractivity contribution in [1.29, 1.82) is 0 Å². The minimum atomic E-state index is -1.54. The van der Waals surface area contributed by atoms with Gasteiger partial charge in [-0.3, -0.25) is 10.8 Å². The molecule has 3 rings (SSSR count). The molecule has 0 saturated carbocycles. The number of nitrogens with zero attached hydrogens (tertiary/aromatic N) is 1. The van der Waals surface area contributed by atoms with Crippen LogP contribution in [0.25, 0.3) is 10.9 Å². The number of hydrogen-bond acceptors (Lipinski definition) is 4. The average Bonchev–Trinajstić information content (AvgIpc) is 2.42. The van der Waals surface area contributed by atoms with Gasteiger partial charge in [0, 0.05) is 18.1 Å². The molecule has 4 nitrogen and oxygen atoms in total. The monoisotopic (exact) mass is 269 g/mol. The highest BCUT2D eigenvalue weighted by Gasteiger charge is 2.23. The summed E-state index contributed by atoms with van der Waals surface area (Å²) in [4.78, 5) is 4.16. The molecule has 0 atom stereocenters. The SMILES string of the molecule is NNc1c2c(nc3cc(F)c(F)c(F)c13)CCOC2. The second-order valence-electron chi connectivity index (χ2n) is 4.24. The normalized spacial score (nSPS) is 14.5. The summed E-state index contributed by atoms with van der Waals surface area (Å²) in [5.41, 5.74) is 3.78. The molecule has 1 aliphatic rings. The molecule has 2 heterocycles. The Morgan fingerprint density at radius 2 is 2.05 bits per heavy atom. The lowest BCUT2D eigenvalue weighted by molar-refractivity contribution is 0.110. The van der Waals surface area contributed by atoms with E-state index in [1.165, 1.54) is 0 Å². The van der Waals surface area contributed by atoms with E-state index in [9.17, 15) is 13.2 Å². The Morgan fingerprint density at radius 3 is 2.79 bits per heavy atom. The highest BCUT2D eigenvalue weighted by Crippen LogP contribution is 2.34.